The van der Waals surface area contributed by atoms with Crippen LogP contribution in [0.5, 0.6) is 0 Å². The van der Waals surface area contributed by atoms with Gasteiger partial charge in [-0.3, -0.25) is 4.79 Å². The topological polar surface area (TPSA) is 20.3 Å². The van der Waals surface area contributed by atoms with Gasteiger partial charge < -0.3 is 4.90 Å². The predicted octanol–water partition coefficient (Wildman–Crippen LogP) is 2.44. The number of piperidine rings is 1. The minimum absolute atomic E-state index is 0.239. The molecule has 0 aliphatic carbocycles. The van der Waals surface area contributed by atoms with Crippen LogP contribution >= 0.6 is 0 Å². The number of rotatable bonds is 3. The van der Waals surface area contributed by atoms with E-state index in [2.05, 4.69) is 13.8 Å². The van der Waals surface area contributed by atoms with Crippen molar-refractivity contribution >= 4 is 5.91 Å². The van der Waals surface area contributed by atoms with E-state index in [4.69, 9.17) is 0 Å². The molecule has 0 aromatic rings. The van der Waals surface area contributed by atoms with Crippen LogP contribution in [0.1, 0.15) is 46.0 Å². The number of amides is 1. The standard InChI is InChI=1S/C11H21NO/c1-3-7-10(2)11(13)12-8-5-4-6-9-12/h10H,3-9H2,1-2H3. The van der Waals surface area contributed by atoms with Gasteiger partial charge in [-0.15, -0.1) is 0 Å². The van der Waals surface area contributed by atoms with E-state index in [-0.39, 0.29) is 5.92 Å². The Morgan fingerprint density at radius 2 is 1.92 bits per heavy atom. The fraction of sp³-hybridized carbons (Fsp3) is 0.909. The number of hydrogen-bond donors (Lipinski definition) is 0. The van der Waals surface area contributed by atoms with E-state index in [9.17, 15) is 4.79 Å². The molecule has 1 atom stereocenters. The molecular weight excluding hydrogens is 162 g/mol. The first kappa shape index (κ1) is 10.6. The van der Waals surface area contributed by atoms with Crippen molar-refractivity contribution in [1.82, 2.24) is 4.90 Å². The molecule has 0 spiro atoms. The minimum atomic E-state index is 0.239. The predicted molar refractivity (Wildman–Crippen MR) is 54.5 cm³/mol. The molecule has 2 nitrogen and oxygen atoms in total. The number of nitrogens with zero attached hydrogens (tertiary/aromatic N) is 1. The molecule has 0 radical (unpaired) electrons. The lowest BCUT2D eigenvalue weighted by Gasteiger charge is -2.29. The largest absolute Gasteiger partial charge is 0.342 e. The van der Waals surface area contributed by atoms with E-state index in [1.807, 2.05) is 4.90 Å². The maximum atomic E-state index is 11.8. The Labute approximate surface area is 81.3 Å². The first-order chi connectivity index (χ1) is 6.25. The molecule has 1 heterocycles. The van der Waals surface area contributed by atoms with Gasteiger partial charge in [-0.25, -0.2) is 0 Å². The summed E-state index contributed by atoms with van der Waals surface area (Å²) >= 11 is 0. The van der Waals surface area contributed by atoms with Gasteiger partial charge in [0.2, 0.25) is 5.91 Å². The van der Waals surface area contributed by atoms with Gasteiger partial charge in [0.1, 0.15) is 0 Å². The van der Waals surface area contributed by atoms with Gasteiger partial charge in [0.15, 0.2) is 0 Å². The Morgan fingerprint density at radius 3 is 2.46 bits per heavy atom. The third kappa shape index (κ3) is 3.02. The zero-order chi connectivity index (χ0) is 9.68. The molecule has 0 aromatic carbocycles. The van der Waals surface area contributed by atoms with Crippen molar-refractivity contribution in [2.75, 3.05) is 13.1 Å². The van der Waals surface area contributed by atoms with E-state index in [0.717, 1.165) is 25.9 Å². The number of hydrogen-bond acceptors (Lipinski definition) is 1. The van der Waals surface area contributed by atoms with Crippen LogP contribution in [0.25, 0.3) is 0 Å². The van der Waals surface area contributed by atoms with Gasteiger partial charge in [0, 0.05) is 19.0 Å². The quantitative estimate of drug-likeness (QED) is 0.658. The van der Waals surface area contributed by atoms with Gasteiger partial charge in [0.05, 0.1) is 0 Å². The SMILES string of the molecule is CCCC(C)C(=O)N1CCCCC1. The van der Waals surface area contributed by atoms with Crippen LogP contribution in [-0.2, 0) is 4.79 Å². The molecule has 13 heavy (non-hydrogen) atoms. The molecule has 1 rings (SSSR count). The van der Waals surface area contributed by atoms with Gasteiger partial charge in [-0.2, -0.15) is 0 Å². The Kier molecular flexibility index (Phi) is 4.26. The Hall–Kier alpha value is -0.530. The third-order valence-corrected chi connectivity index (χ3v) is 2.81. The molecule has 1 aliphatic heterocycles. The molecule has 1 amide bonds. The summed E-state index contributed by atoms with van der Waals surface area (Å²) < 4.78 is 0. The first-order valence-corrected chi connectivity index (χ1v) is 5.54. The second-order valence-corrected chi connectivity index (χ2v) is 4.08. The van der Waals surface area contributed by atoms with E-state index in [1.54, 1.807) is 0 Å². The van der Waals surface area contributed by atoms with Crippen molar-refractivity contribution in [3.05, 3.63) is 0 Å². The van der Waals surface area contributed by atoms with Crippen LogP contribution in [0.3, 0.4) is 0 Å². The molecule has 76 valence electrons. The third-order valence-electron chi connectivity index (χ3n) is 2.81. The van der Waals surface area contributed by atoms with E-state index < -0.39 is 0 Å². The summed E-state index contributed by atoms with van der Waals surface area (Å²) in [6.45, 7) is 6.18. The maximum Gasteiger partial charge on any atom is 0.225 e. The minimum Gasteiger partial charge on any atom is -0.342 e. The second kappa shape index (κ2) is 5.25. The highest BCUT2D eigenvalue weighted by molar-refractivity contribution is 5.78. The highest BCUT2D eigenvalue weighted by Crippen LogP contribution is 2.14. The lowest BCUT2D eigenvalue weighted by atomic mass is 10.0. The zero-order valence-corrected chi connectivity index (χ0v) is 8.88. The Bertz CT molecular complexity index is 161. The molecule has 1 aliphatic rings. The highest BCUT2D eigenvalue weighted by atomic mass is 16.2. The fourth-order valence-corrected chi connectivity index (χ4v) is 1.98. The van der Waals surface area contributed by atoms with Gasteiger partial charge >= 0.3 is 0 Å². The molecule has 1 saturated heterocycles. The summed E-state index contributed by atoms with van der Waals surface area (Å²) in [6, 6.07) is 0. The van der Waals surface area contributed by atoms with Crippen LogP contribution in [0.2, 0.25) is 0 Å². The van der Waals surface area contributed by atoms with Crippen LogP contribution in [0.15, 0.2) is 0 Å². The first-order valence-electron chi connectivity index (χ1n) is 5.54. The summed E-state index contributed by atoms with van der Waals surface area (Å²) in [5.41, 5.74) is 0. The smallest absolute Gasteiger partial charge is 0.225 e. The molecule has 0 N–H and O–H groups in total. The van der Waals surface area contributed by atoms with Crippen molar-refractivity contribution in [2.45, 2.75) is 46.0 Å². The van der Waals surface area contributed by atoms with E-state index in [1.165, 1.54) is 19.3 Å². The van der Waals surface area contributed by atoms with Crippen molar-refractivity contribution in [2.24, 2.45) is 5.92 Å². The van der Waals surface area contributed by atoms with Crippen molar-refractivity contribution in [3.63, 3.8) is 0 Å². The molecule has 1 fully saturated rings. The van der Waals surface area contributed by atoms with Crippen LogP contribution < -0.4 is 0 Å². The lowest BCUT2D eigenvalue weighted by Crippen LogP contribution is -2.38. The lowest BCUT2D eigenvalue weighted by molar-refractivity contribution is -0.136. The zero-order valence-electron chi connectivity index (χ0n) is 8.88. The summed E-state index contributed by atoms with van der Waals surface area (Å²) in [5.74, 6) is 0.615. The summed E-state index contributed by atoms with van der Waals surface area (Å²) in [6.07, 6.45) is 5.84. The Morgan fingerprint density at radius 1 is 1.31 bits per heavy atom. The fourth-order valence-electron chi connectivity index (χ4n) is 1.98. The Balaban J connectivity index is 2.36. The van der Waals surface area contributed by atoms with Gasteiger partial charge in [0.25, 0.3) is 0 Å². The average molecular weight is 183 g/mol. The molecule has 0 saturated carbocycles. The molecule has 0 bridgehead atoms. The normalized spacial score (nSPS) is 20.0. The number of carbonyl (C=O) groups excluding carboxylic acids is 1. The molecule has 0 aromatic heterocycles. The summed E-state index contributed by atoms with van der Waals surface area (Å²) in [7, 11) is 0. The van der Waals surface area contributed by atoms with E-state index >= 15 is 0 Å². The maximum absolute atomic E-state index is 11.8. The van der Waals surface area contributed by atoms with Crippen molar-refractivity contribution < 1.29 is 4.79 Å². The molecule has 1 unspecified atom stereocenters. The average Bonchev–Trinajstić information content (AvgIpc) is 2.18. The van der Waals surface area contributed by atoms with Crippen LogP contribution in [0, 0.1) is 5.92 Å². The molecule has 2 heteroatoms. The molecular formula is C11H21NO. The van der Waals surface area contributed by atoms with Crippen molar-refractivity contribution in [1.29, 1.82) is 0 Å². The second-order valence-electron chi connectivity index (χ2n) is 4.08. The van der Waals surface area contributed by atoms with Gasteiger partial charge in [-0.1, -0.05) is 20.3 Å². The van der Waals surface area contributed by atoms with Crippen LogP contribution in [-0.4, -0.2) is 23.9 Å². The van der Waals surface area contributed by atoms with Gasteiger partial charge in [-0.05, 0) is 25.7 Å². The summed E-state index contributed by atoms with van der Waals surface area (Å²) in [4.78, 5) is 13.9. The number of likely N-dealkylation sites (tertiary alicyclic amines) is 1. The van der Waals surface area contributed by atoms with E-state index in [0.29, 0.717) is 5.91 Å². The number of carbonyl (C=O) groups is 1. The van der Waals surface area contributed by atoms with Crippen LogP contribution in [0.4, 0.5) is 0 Å². The van der Waals surface area contributed by atoms with Crippen molar-refractivity contribution in [3.8, 4) is 0 Å². The summed E-state index contributed by atoms with van der Waals surface area (Å²) in [5, 5.41) is 0. The monoisotopic (exact) mass is 183 g/mol. The highest BCUT2D eigenvalue weighted by Gasteiger charge is 2.20.